The highest BCUT2D eigenvalue weighted by Gasteiger charge is 2.23. The molecule has 26 heavy (non-hydrogen) atoms. The van der Waals surface area contributed by atoms with E-state index in [1.165, 1.54) is 41.5 Å². The van der Waals surface area contributed by atoms with Gasteiger partial charge in [-0.1, -0.05) is 19.8 Å². The molecule has 2 aliphatic carbocycles. The quantitative estimate of drug-likeness (QED) is 0.819. The molecule has 140 valence electrons. The number of hydrogen-bond acceptors (Lipinski definition) is 5. The van der Waals surface area contributed by atoms with Gasteiger partial charge in [0.25, 0.3) is 5.56 Å². The second-order valence-electron chi connectivity index (χ2n) is 7.48. The topological polar surface area (TPSA) is 74.8 Å². The minimum absolute atomic E-state index is 0.0227. The number of nitrogens with zero attached hydrogens (tertiary/aromatic N) is 1. The zero-order chi connectivity index (χ0) is 18.1. The minimum atomic E-state index is -0.0227. The summed E-state index contributed by atoms with van der Waals surface area (Å²) in [5.41, 5.74) is 1.18. The van der Waals surface area contributed by atoms with Crippen molar-refractivity contribution < 1.29 is 4.79 Å². The number of rotatable bonds is 5. The third-order valence-electron chi connectivity index (χ3n) is 5.55. The van der Waals surface area contributed by atoms with Crippen LogP contribution in [0.15, 0.2) is 4.79 Å². The molecular formula is C19H25N3O2S2. The number of thiophene rings is 1. The van der Waals surface area contributed by atoms with Crippen molar-refractivity contribution in [1.29, 1.82) is 0 Å². The van der Waals surface area contributed by atoms with Gasteiger partial charge < -0.3 is 10.3 Å². The number of fused-ring (bicyclic) bond motifs is 3. The van der Waals surface area contributed by atoms with Crippen LogP contribution in [0.4, 0.5) is 0 Å². The lowest BCUT2D eigenvalue weighted by Gasteiger charge is -2.29. The van der Waals surface area contributed by atoms with Crippen molar-refractivity contribution in [1.82, 2.24) is 15.3 Å². The Bertz CT molecular complexity index is 874. The smallest absolute Gasteiger partial charge is 0.259 e. The number of aryl methyl sites for hydroxylation is 2. The van der Waals surface area contributed by atoms with E-state index in [0.717, 1.165) is 35.9 Å². The molecule has 7 heteroatoms. The SMILES string of the molecule is CC1CCCCC1NC(=O)CSCc1nc2sc3c(c2c(=O)[nH]1)CCC3. The molecule has 2 aromatic heterocycles. The first-order valence-electron chi connectivity index (χ1n) is 9.52. The molecule has 2 atom stereocenters. The average molecular weight is 392 g/mol. The van der Waals surface area contributed by atoms with Crippen LogP contribution in [0.2, 0.25) is 0 Å². The normalized spacial score (nSPS) is 22.5. The Balaban J connectivity index is 1.35. The molecule has 2 heterocycles. The van der Waals surface area contributed by atoms with Crippen LogP contribution in [0.5, 0.6) is 0 Å². The lowest BCUT2D eigenvalue weighted by Crippen LogP contribution is -2.41. The van der Waals surface area contributed by atoms with Gasteiger partial charge in [-0.15, -0.1) is 23.1 Å². The fourth-order valence-electron chi connectivity index (χ4n) is 4.13. The predicted octanol–water partition coefficient (Wildman–Crippen LogP) is 3.40. The van der Waals surface area contributed by atoms with Crippen LogP contribution < -0.4 is 10.9 Å². The summed E-state index contributed by atoms with van der Waals surface area (Å²) < 4.78 is 0. The number of carbonyl (C=O) groups excluding carboxylic acids is 1. The summed E-state index contributed by atoms with van der Waals surface area (Å²) in [5, 5.41) is 3.96. The molecule has 1 saturated carbocycles. The third kappa shape index (κ3) is 3.69. The second kappa shape index (κ2) is 7.72. The molecule has 0 saturated heterocycles. The Labute approximate surface area is 161 Å². The van der Waals surface area contributed by atoms with Gasteiger partial charge >= 0.3 is 0 Å². The molecule has 0 bridgehead atoms. The van der Waals surface area contributed by atoms with Crippen LogP contribution in [0, 0.1) is 5.92 Å². The van der Waals surface area contributed by atoms with Crippen LogP contribution >= 0.6 is 23.1 Å². The van der Waals surface area contributed by atoms with E-state index in [4.69, 9.17) is 0 Å². The second-order valence-corrected chi connectivity index (χ2v) is 9.55. The van der Waals surface area contributed by atoms with E-state index in [-0.39, 0.29) is 11.5 Å². The summed E-state index contributed by atoms with van der Waals surface area (Å²) in [4.78, 5) is 34.4. The number of aromatic nitrogens is 2. The van der Waals surface area contributed by atoms with Gasteiger partial charge in [0.15, 0.2) is 0 Å². The highest BCUT2D eigenvalue weighted by Crippen LogP contribution is 2.34. The summed E-state index contributed by atoms with van der Waals surface area (Å²) in [6.45, 7) is 2.22. The molecule has 1 fully saturated rings. The highest BCUT2D eigenvalue weighted by atomic mass is 32.2. The van der Waals surface area contributed by atoms with E-state index < -0.39 is 0 Å². The summed E-state index contributed by atoms with van der Waals surface area (Å²) in [6, 6.07) is 0.319. The van der Waals surface area contributed by atoms with Crippen molar-refractivity contribution >= 4 is 39.2 Å². The van der Waals surface area contributed by atoms with Gasteiger partial charge in [0.05, 0.1) is 16.9 Å². The van der Waals surface area contributed by atoms with Crippen LogP contribution in [0.1, 0.15) is 55.3 Å². The maximum atomic E-state index is 12.4. The molecular weight excluding hydrogens is 366 g/mol. The van der Waals surface area contributed by atoms with Gasteiger partial charge in [-0.25, -0.2) is 4.98 Å². The zero-order valence-corrected chi connectivity index (χ0v) is 16.7. The van der Waals surface area contributed by atoms with Crippen LogP contribution in [-0.4, -0.2) is 27.7 Å². The Morgan fingerprint density at radius 2 is 2.15 bits per heavy atom. The lowest BCUT2D eigenvalue weighted by molar-refractivity contribution is -0.119. The van der Waals surface area contributed by atoms with Gasteiger partial charge in [0.2, 0.25) is 5.91 Å². The largest absolute Gasteiger partial charge is 0.352 e. The standard InChI is InChI=1S/C19H25N3O2S2/c1-11-5-2-3-7-13(11)20-16(23)10-25-9-15-21-18(24)17-12-6-4-8-14(12)26-19(17)22-15/h11,13H,2-10H2,1H3,(H,20,23)(H,21,22,24). The summed E-state index contributed by atoms with van der Waals surface area (Å²) >= 11 is 3.17. The van der Waals surface area contributed by atoms with E-state index in [1.807, 2.05) is 0 Å². The van der Waals surface area contributed by atoms with E-state index in [9.17, 15) is 9.59 Å². The Morgan fingerprint density at radius 3 is 3.00 bits per heavy atom. The molecule has 0 aliphatic heterocycles. The molecule has 2 N–H and O–H groups in total. The van der Waals surface area contributed by atoms with Crippen molar-refractivity contribution in [2.24, 2.45) is 5.92 Å². The number of carbonyl (C=O) groups is 1. The van der Waals surface area contributed by atoms with Crippen molar-refractivity contribution in [3.63, 3.8) is 0 Å². The van der Waals surface area contributed by atoms with Crippen molar-refractivity contribution in [2.75, 3.05) is 5.75 Å². The van der Waals surface area contributed by atoms with Crippen LogP contribution in [-0.2, 0) is 23.4 Å². The number of nitrogens with one attached hydrogen (secondary N) is 2. The Morgan fingerprint density at radius 1 is 1.31 bits per heavy atom. The lowest BCUT2D eigenvalue weighted by atomic mass is 9.86. The van der Waals surface area contributed by atoms with Crippen LogP contribution in [0.3, 0.4) is 0 Å². The molecule has 0 aromatic carbocycles. The van der Waals surface area contributed by atoms with Gasteiger partial charge in [-0.05, 0) is 43.6 Å². The third-order valence-corrected chi connectivity index (χ3v) is 7.68. The number of aromatic amines is 1. The Kier molecular flexibility index (Phi) is 5.36. The van der Waals surface area contributed by atoms with Crippen molar-refractivity contribution in [3.05, 3.63) is 26.6 Å². The summed E-state index contributed by atoms with van der Waals surface area (Å²) in [7, 11) is 0. The fraction of sp³-hybridized carbons (Fsp3) is 0.632. The van der Waals surface area contributed by atoms with Crippen molar-refractivity contribution in [3.8, 4) is 0 Å². The highest BCUT2D eigenvalue weighted by molar-refractivity contribution is 7.99. The van der Waals surface area contributed by atoms with Gasteiger partial charge in [-0.2, -0.15) is 0 Å². The molecule has 0 radical (unpaired) electrons. The number of amides is 1. The zero-order valence-electron chi connectivity index (χ0n) is 15.1. The first-order chi connectivity index (χ1) is 12.6. The minimum Gasteiger partial charge on any atom is -0.352 e. The predicted molar refractivity (Wildman–Crippen MR) is 108 cm³/mol. The first kappa shape index (κ1) is 18.0. The summed E-state index contributed by atoms with van der Waals surface area (Å²) in [6.07, 6.45) is 7.98. The fourth-order valence-corrected chi connectivity index (χ4v) is 6.12. The Hall–Kier alpha value is -1.34. The van der Waals surface area contributed by atoms with Crippen molar-refractivity contribution in [2.45, 2.75) is 63.7 Å². The molecule has 2 aromatic rings. The van der Waals surface area contributed by atoms with E-state index in [2.05, 4.69) is 22.2 Å². The monoisotopic (exact) mass is 391 g/mol. The maximum Gasteiger partial charge on any atom is 0.259 e. The van der Waals surface area contributed by atoms with Gasteiger partial charge in [0, 0.05) is 10.9 Å². The molecule has 0 spiro atoms. The average Bonchev–Trinajstić information content (AvgIpc) is 3.17. The summed E-state index contributed by atoms with van der Waals surface area (Å²) in [5.74, 6) is 2.30. The maximum absolute atomic E-state index is 12.4. The molecule has 2 aliphatic rings. The van der Waals surface area contributed by atoms with Gasteiger partial charge in [0.1, 0.15) is 10.7 Å². The van der Waals surface area contributed by atoms with E-state index >= 15 is 0 Å². The first-order valence-corrected chi connectivity index (χ1v) is 11.5. The molecule has 2 unspecified atom stereocenters. The van der Waals surface area contributed by atoms with Gasteiger partial charge in [-0.3, -0.25) is 9.59 Å². The van der Waals surface area contributed by atoms with E-state index in [0.29, 0.717) is 29.3 Å². The number of hydrogen-bond donors (Lipinski definition) is 2. The number of thioether (sulfide) groups is 1. The van der Waals surface area contributed by atoms with Crippen LogP contribution in [0.25, 0.3) is 10.2 Å². The molecule has 4 rings (SSSR count). The molecule has 5 nitrogen and oxygen atoms in total. The van der Waals surface area contributed by atoms with E-state index in [1.54, 1.807) is 11.3 Å². The number of H-pyrrole nitrogens is 1. The molecule has 1 amide bonds.